The summed E-state index contributed by atoms with van der Waals surface area (Å²) in [6.45, 7) is 3.12. The molecule has 7 heteroatoms. The Hall–Kier alpha value is -2.96. The molecule has 0 radical (unpaired) electrons. The van der Waals surface area contributed by atoms with Crippen molar-refractivity contribution in [3.8, 4) is 17.4 Å². The van der Waals surface area contributed by atoms with Crippen LogP contribution in [0.15, 0.2) is 36.5 Å². The zero-order valence-corrected chi connectivity index (χ0v) is 15.2. The van der Waals surface area contributed by atoms with Crippen molar-refractivity contribution in [3.63, 3.8) is 0 Å². The second kappa shape index (κ2) is 7.95. The number of nitrogens with one attached hydrogen (secondary N) is 1. The molecule has 2 amide bonds. The van der Waals surface area contributed by atoms with Crippen LogP contribution in [-0.2, 0) is 0 Å². The van der Waals surface area contributed by atoms with E-state index in [0.717, 1.165) is 12.0 Å². The highest BCUT2D eigenvalue weighted by atomic mass is 16.5. The summed E-state index contributed by atoms with van der Waals surface area (Å²) in [7, 11) is 3.14. The fourth-order valence-electron chi connectivity index (χ4n) is 2.80. The molecule has 0 bridgehead atoms. The number of anilines is 1. The van der Waals surface area contributed by atoms with E-state index in [4.69, 9.17) is 14.2 Å². The fraction of sp³-hybridized carbons (Fsp3) is 0.368. The van der Waals surface area contributed by atoms with E-state index in [-0.39, 0.29) is 12.1 Å². The third-order valence-corrected chi connectivity index (χ3v) is 4.25. The van der Waals surface area contributed by atoms with Crippen molar-refractivity contribution >= 4 is 11.7 Å². The third-order valence-electron chi connectivity index (χ3n) is 4.25. The van der Waals surface area contributed by atoms with Crippen molar-refractivity contribution in [2.75, 3.05) is 32.6 Å². The molecular formula is C19H23N3O4. The number of hydrogen-bond donors (Lipinski definition) is 1. The Kier molecular flexibility index (Phi) is 5.46. The molecule has 0 saturated carbocycles. The monoisotopic (exact) mass is 357 g/mol. The van der Waals surface area contributed by atoms with Gasteiger partial charge in [0.2, 0.25) is 5.88 Å². The summed E-state index contributed by atoms with van der Waals surface area (Å²) >= 11 is 0. The first kappa shape index (κ1) is 17.8. The number of urea groups is 1. The van der Waals surface area contributed by atoms with E-state index in [0.29, 0.717) is 36.2 Å². The second-order valence-electron chi connectivity index (χ2n) is 6.14. The molecule has 26 heavy (non-hydrogen) atoms. The normalized spacial score (nSPS) is 16.3. The van der Waals surface area contributed by atoms with Crippen molar-refractivity contribution in [1.29, 1.82) is 0 Å². The van der Waals surface area contributed by atoms with Gasteiger partial charge in [0.05, 0.1) is 26.5 Å². The van der Waals surface area contributed by atoms with Gasteiger partial charge in [-0.25, -0.2) is 9.78 Å². The molecule has 7 nitrogen and oxygen atoms in total. The number of pyridine rings is 1. The van der Waals surface area contributed by atoms with Crippen molar-refractivity contribution in [2.24, 2.45) is 0 Å². The lowest BCUT2D eigenvalue weighted by molar-refractivity contribution is 0.190. The molecule has 1 aromatic heterocycles. The summed E-state index contributed by atoms with van der Waals surface area (Å²) in [6, 6.07) is 8.89. The topological polar surface area (TPSA) is 72.9 Å². The largest absolute Gasteiger partial charge is 0.497 e. The van der Waals surface area contributed by atoms with Gasteiger partial charge in [-0.05, 0) is 24.6 Å². The van der Waals surface area contributed by atoms with Gasteiger partial charge in [-0.15, -0.1) is 0 Å². The summed E-state index contributed by atoms with van der Waals surface area (Å²) < 4.78 is 16.3. The standard InChI is InChI=1S/C19H23N3O4/c1-13-4-7-18(20-11-13)26-15-8-9-22(12-15)19(23)21-16-6-5-14(24-2)10-17(16)25-3/h4-7,10-11,15H,8-9,12H2,1-3H3,(H,21,23). The number of benzene rings is 1. The maximum absolute atomic E-state index is 12.5. The number of nitrogens with zero attached hydrogens (tertiary/aromatic N) is 2. The molecular weight excluding hydrogens is 334 g/mol. The van der Waals surface area contributed by atoms with Crippen LogP contribution in [0.3, 0.4) is 0 Å². The summed E-state index contributed by atoms with van der Waals surface area (Å²) in [5, 5.41) is 2.88. The molecule has 138 valence electrons. The zero-order chi connectivity index (χ0) is 18.5. The molecule has 3 rings (SSSR count). The summed E-state index contributed by atoms with van der Waals surface area (Å²) in [6.07, 6.45) is 2.47. The Morgan fingerprint density at radius 1 is 1.23 bits per heavy atom. The number of hydrogen-bond acceptors (Lipinski definition) is 5. The molecule has 2 aromatic rings. The highest BCUT2D eigenvalue weighted by molar-refractivity contribution is 5.91. The van der Waals surface area contributed by atoms with Crippen LogP contribution in [0.2, 0.25) is 0 Å². The van der Waals surface area contributed by atoms with E-state index in [1.165, 1.54) is 0 Å². The van der Waals surface area contributed by atoms with Gasteiger partial charge in [-0.3, -0.25) is 0 Å². The number of carbonyl (C=O) groups excluding carboxylic acids is 1. The number of methoxy groups -OCH3 is 2. The minimum Gasteiger partial charge on any atom is -0.497 e. The molecule has 1 aliphatic heterocycles. The number of rotatable bonds is 5. The Labute approximate surface area is 152 Å². The van der Waals surface area contributed by atoms with E-state index in [9.17, 15) is 4.79 Å². The van der Waals surface area contributed by atoms with Gasteiger partial charge < -0.3 is 24.4 Å². The van der Waals surface area contributed by atoms with Gasteiger partial charge in [-0.1, -0.05) is 6.07 Å². The fourth-order valence-corrected chi connectivity index (χ4v) is 2.80. The molecule has 1 aromatic carbocycles. The van der Waals surface area contributed by atoms with E-state index >= 15 is 0 Å². The minimum atomic E-state index is -0.184. The van der Waals surface area contributed by atoms with E-state index < -0.39 is 0 Å². The number of amides is 2. The number of aryl methyl sites for hydroxylation is 1. The molecule has 1 aliphatic rings. The van der Waals surface area contributed by atoms with Crippen LogP contribution in [0.5, 0.6) is 17.4 Å². The highest BCUT2D eigenvalue weighted by Crippen LogP contribution is 2.29. The SMILES string of the molecule is COc1ccc(NC(=O)N2CCC(Oc3ccc(C)cn3)C2)c(OC)c1. The predicted octanol–water partition coefficient (Wildman–Crippen LogP) is 3.09. The van der Waals surface area contributed by atoms with Gasteiger partial charge >= 0.3 is 6.03 Å². The second-order valence-corrected chi connectivity index (χ2v) is 6.14. The lowest BCUT2D eigenvalue weighted by atomic mass is 10.2. The average Bonchev–Trinajstić information content (AvgIpc) is 3.12. The van der Waals surface area contributed by atoms with Crippen LogP contribution in [0, 0.1) is 6.92 Å². The first-order chi connectivity index (χ1) is 12.6. The molecule has 0 spiro atoms. The molecule has 1 saturated heterocycles. The zero-order valence-electron chi connectivity index (χ0n) is 15.2. The van der Waals surface area contributed by atoms with Gasteiger partial charge in [-0.2, -0.15) is 0 Å². The molecule has 1 unspecified atom stereocenters. The minimum absolute atomic E-state index is 0.0614. The number of aromatic nitrogens is 1. The molecule has 1 atom stereocenters. The highest BCUT2D eigenvalue weighted by Gasteiger charge is 2.28. The third kappa shape index (κ3) is 4.17. The number of likely N-dealkylation sites (tertiary alicyclic amines) is 1. The summed E-state index contributed by atoms with van der Waals surface area (Å²) in [4.78, 5) is 18.5. The number of carbonyl (C=O) groups is 1. The van der Waals surface area contributed by atoms with Gasteiger partial charge in [0.25, 0.3) is 0 Å². The quantitative estimate of drug-likeness (QED) is 0.890. The molecule has 1 fully saturated rings. The lowest BCUT2D eigenvalue weighted by Gasteiger charge is -2.19. The Morgan fingerprint density at radius 2 is 2.08 bits per heavy atom. The van der Waals surface area contributed by atoms with Crippen LogP contribution in [0.25, 0.3) is 0 Å². The smallest absolute Gasteiger partial charge is 0.322 e. The van der Waals surface area contributed by atoms with Crippen LogP contribution in [-0.4, -0.2) is 49.3 Å². The predicted molar refractivity (Wildman–Crippen MR) is 98.1 cm³/mol. The lowest BCUT2D eigenvalue weighted by Crippen LogP contribution is -2.34. The Morgan fingerprint density at radius 3 is 2.77 bits per heavy atom. The maximum Gasteiger partial charge on any atom is 0.322 e. The van der Waals surface area contributed by atoms with Gasteiger partial charge in [0.1, 0.15) is 17.6 Å². The first-order valence-corrected chi connectivity index (χ1v) is 8.46. The van der Waals surface area contributed by atoms with Crippen LogP contribution < -0.4 is 19.5 Å². The maximum atomic E-state index is 12.5. The molecule has 0 aliphatic carbocycles. The van der Waals surface area contributed by atoms with Crippen molar-refractivity contribution in [3.05, 3.63) is 42.1 Å². The number of ether oxygens (including phenoxy) is 3. The van der Waals surface area contributed by atoms with E-state index in [2.05, 4.69) is 10.3 Å². The Bertz CT molecular complexity index is 764. The van der Waals surface area contributed by atoms with Crippen molar-refractivity contribution in [1.82, 2.24) is 9.88 Å². The van der Waals surface area contributed by atoms with E-state index in [1.54, 1.807) is 43.5 Å². The summed E-state index contributed by atoms with van der Waals surface area (Å²) in [5.74, 6) is 1.80. The van der Waals surface area contributed by atoms with E-state index in [1.807, 2.05) is 19.1 Å². The average molecular weight is 357 g/mol. The van der Waals surface area contributed by atoms with Crippen LogP contribution in [0.4, 0.5) is 10.5 Å². The van der Waals surface area contributed by atoms with Crippen LogP contribution in [0.1, 0.15) is 12.0 Å². The van der Waals surface area contributed by atoms with Crippen LogP contribution >= 0.6 is 0 Å². The van der Waals surface area contributed by atoms with Gasteiger partial charge in [0, 0.05) is 31.3 Å². The summed E-state index contributed by atoms with van der Waals surface area (Å²) in [5.41, 5.74) is 1.68. The molecule has 2 heterocycles. The van der Waals surface area contributed by atoms with Gasteiger partial charge in [0.15, 0.2) is 0 Å². The van der Waals surface area contributed by atoms with Crippen molar-refractivity contribution < 1.29 is 19.0 Å². The van der Waals surface area contributed by atoms with Crippen molar-refractivity contribution in [2.45, 2.75) is 19.4 Å². The Balaban J connectivity index is 1.58. The molecule has 1 N–H and O–H groups in total. The first-order valence-electron chi connectivity index (χ1n) is 8.46.